The molecule has 4 heterocycles. The van der Waals surface area contributed by atoms with Gasteiger partial charge in [-0.2, -0.15) is 8.42 Å². The topological polar surface area (TPSA) is 96.1 Å². The van der Waals surface area contributed by atoms with Crippen LogP contribution in [-0.4, -0.2) is 47.0 Å². The molecule has 0 spiro atoms. The summed E-state index contributed by atoms with van der Waals surface area (Å²) < 4.78 is 30.6. The van der Waals surface area contributed by atoms with E-state index in [1.54, 1.807) is 24.3 Å². The van der Waals surface area contributed by atoms with Gasteiger partial charge in [-0.1, -0.05) is 18.2 Å². The van der Waals surface area contributed by atoms with Gasteiger partial charge in [0.25, 0.3) is 10.0 Å². The summed E-state index contributed by atoms with van der Waals surface area (Å²) in [5.74, 6) is 0.218. The lowest BCUT2D eigenvalue weighted by Gasteiger charge is -2.25. The second-order valence-electron chi connectivity index (χ2n) is 7.15. The molecule has 1 fully saturated rings. The molecule has 2 aromatic heterocycles. The van der Waals surface area contributed by atoms with E-state index in [0.29, 0.717) is 30.9 Å². The Balaban J connectivity index is 1.35. The maximum absolute atomic E-state index is 12.9. The van der Waals surface area contributed by atoms with E-state index < -0.39 is 16.1 Å². The third-order valence-electron chi connectivity index (χ3n) is 5.30. The van der Waals surface area contributed by atoms with Crippen molar-refractivity contribution in [3.8, 4) is 0 Å². The van der Waals surface area contributed by atoms with Gasteiger partial charge in [0.1, 0.15) is 16.6 Å². The predicted octanol–water partition coefficient (Wildman–Crippen LogP) is 1.56. The molecule has 1 saturated heterocycles. The molecule has 148 valence electrons. The van der Waals surface area contributed by atoms with E-state index in [-0.39, 0.29) is 10.8 Å². The summed E-state index contributed by atoms with van der Waals surface area (Å²) in [5, 5.41) is 2.94. The van der Waals surface area contributed by atoms with Crippen molar-refractivity contribution < 1.29 is 13.2 Å². The van der Waals surface area contributed by atoms with Crippen LogP contribution in [0.1, 0.15) is 24.1 Å². The van der Waals surface area contributed by atoms with Crippen LogP contribution in [0, 0.1) is 0 Å². The highest BCUT2D eigenvalue weighted by Crippen LogP contribution is 2.31. The van der Waals surface area contributed by atoms with Crippen LogP contribution in [0.2, 0.25) is 0 Å². The Bertz CT molecular complexity index is 1210. The molecule has 0 saturated carbocycles. The predicted molar refractivity (Wildman–Crippen MR) is 107 cm³/mol. The molecule has 0 radical (unpaired) electrons. The summed E-state index contributed by atoms with van der Waals surface area (Å²) >= 11 is 0. The fourth-order valence-electron chi connectivity index (χ4n) is 3.96. The molecule has 2 aliphatic rings. The van der Waals surface area contributed by atoms with Crippen molar-refractivity contribution in [1.29, 1.82) is 0 Å². The number of hydrogen-bond acceptors (Lipinski definition) is 5. The first kappa shape index (κ1) is 17.9. The van der Waals surface area contributed by atoms with Crippen LogP contribution < -0.4 is 5.32 Å². The Morgan fingerprint density at radius 1 is 1.17 bits per heavy atom. The van der Waals surface area contributed by atoms with Gasteiger partial charge in [0.2, 0.25) is 5.91 Å². The minimum absolute atomic E-state index is 0.149. The normalized spacial score (nSPS) is 19.9. The molecule has 5 rings (SSSR count). The summed E-state index contributed by atoms with van der Waals surface area (Å²) in [7, 11) is -3.71. The molecule has 8 nitrogen and oxygen atoms in total. The Hall–Kier alpha value is -3.20. The molecule has 1 amide bonds. The number of rotatable bonds is 3. The van der Waals surface area contributed by atoms with Gasteiger partial charge in [-0.3, -0.25) is 4.79 Å². The molecule has 0 bridgehead atoms. The number of benzene rings is 1. The average Bonchev–Trinajstić information content (AvgIpc) is 3.42. The maximum Gasteiger partial charge on any atom is 0.285 e. The summed E-state index contributed by atoms with van der Waals surface area (Å²) in [4.78, 5) is 19.4. The molecule has 0 aliphatic carbocycles. The van der Waals surface area contributed by atoms with Gasteiger partial charge < -0.3 is 14.6 Å². The van der Waals surface area contributed by atoms with Crippen LogP contribution >= 0.6 is 0 Å². The number of aromatic nitrogens is 2. The van der Waals surface area contributed by atoms with Crippen molar-refractivity contribution in [3.63, 3.8) is 0 Å². The van der Waals surface area contributed by atoms with Gasteiger partial charge in [0.05, 0.1) is 12.2 Å². The zero-order valence-corrected chi connectivity index (χ0v) is 16.3. The van der Waals surface area contributed by atoms with Crippen molar-refractivity contribution in [2.24, 2.45) is 4.40 Å². The van der Waals surface area contributed by atoms with Gasteiger partial charge in [0.15, 0.2) is 5.84 Å². The molecule has 1 N–H and O–H groups in total. The number of fused-ring (bicyclic) bond motifs is 2. The number of amidine groups is 1. The van der Waals surface area contributed by atoms with Crippen LogP contribution in [0.4, 0.5) is 0 Å². The van der Waals surface area contributed by atoms with Gasteiger partial charge in [-0.15, -0.1) is 4.40 Å². The Morgan fingerprint density at radius 3 is 2.86 bits per heavy atom. The first-order valence-corrected chi connectivity index (χ1v) is 10.9. The molecule has 3 aromatic rings. The maximum atomic E-state index is 12.9. The SMILES string of the molecule is O=C(NCc1cn2ccccc2n1)C1CCCN1C1=NS(=O)(=O)c2ccccc21. The smallest absolute Gasteiger partial charge is 0.285 e. The van der Waals surface area contributed by atoms with E-state index in [1.165, 1.54) is 0 Å². The lowest BCUT2D eigenvalue weighted by atomic mass is 10.1. The standard InChI is InChI=1S/C20H19N5O3S/c26-20(21-12-14-13-24-10-4-3-9-18(24)22-14)16-7-5-11-25(16)19-15-6-1-2-8-17(15)29(27,28)23-19/h1-4,6,8-10,13,16H,5,7,11-12H2,(H,21,26). The molecule has 1 aromatic carbocycles. The highest BCUT2D eigenvalue weighted by molar-refractivity contribution is 7.90. The highest BCUT2D eigenvalue weighted by Gasteiger charge is 2.39. The van der Waals surface area contributed by atoms with Crippen LogP contribution in [0.25, 0.3) is 5.65 Å². The van der Waals surface area contributed by atoms with E-state index >= 15 is 0 Å². The molecule has 1 atom stereocenters. The van der Waals surface area contributed by atoms with Crippen molar-refractivity contribution in [2.45, 2.75) is 30.3 Å². The molecule has 29 heavy (non-hydrogen) atoms. The zero-order chi connectivity index (χ0) is 20.0. The number of carbonyl (C=O) groups excluding carboxylic acids is 1. The second-order valence-corrected chi connectivity index (χ2v) is 8.73. The number of imidazole rings is 1. The van der Waals surface area contributed by atoms with E-state index in [9.17, 15) is 13.2 Å². The highest BCUT2D eigenvalue weighted by atomic mass is 32.2. The van der Waals surface area contributed by atoms with Crippen molar-refractivity contribution in [3.05, 3.63) is 66.1 Å². The summed E-state index contributed by atoms with van der Waals surface area (Å²) in [6, 6.07) is 12.0. The number of likely N-dealkylation sites (tertiary alicyclic amines) is 1. The van der Waals surface area contributed by atoms with Crippen molar-refractivity contribution in [2.75, 3.05) is 6.54 Å². The number of nitrogens with one attached hydrogen (secondary N) is 1. The Kier molecular flexibility index (Phi) is 4.13. The average molecular weight is 409 g/mol. The molecule has 9 heteroatoms. The minimum Gasteiger partial charge on any atom is -0.349 e. The largest absolute Gasteiger partial charge is 0.349 e. The number of carbonyl (C=O) groups is 1. The molecular formula is C20H19N5O3S. The van der Waals surface area contributed by atoms with Crippen molar-refractivity contribution >= 4 is 27.4 Å². The number of sulfonamides is 1. The first-order chi connectivity index (χ1) is 14.0. The number of amides is 1. The number of hydrogen-bond donors (Lipinski definition) is 1. The fraction of sp³-hybridized carbons (Fsp3) is 0.250. The monoisotopic (exact) mass is 409 g/mol. The Morgan fingerprint density at radius 2 is 2.00 bits per heavy atom. The summed E-state index contributed by atoms with van der Waals surface area (Å²) in [5.41, 5.74) is 2.15. The lowest BCUT2D eigenvalue weighted by molar-refractivity contribution is -0.124. The number of nitrogens with zero attached hydrogens (tertiary/aromatic N) is 4. The Labute approximate surface area is 167 Å². The van der Waals surface area contributed by atoms with Gasteiger partial charge in [-0.25, -0.2) is 4.98 Å². The minimum atomic E-state index is -3.71. The first-order valence-electron chi connectivity index (χ1n) is 9.44. The summed E-state index contributed by atoms with van der Waals surface area (Å²) in [6.07, 6.45) is 5.24. The van der Waals surface area contributed by atoms with E-state index in [1.807, 2.05) is 39.9 Å². The quantitative estimate of drug-likeness (QED) is 0.708. The summed E-state index contributed by atoms with van der Waals surface area (Å²) in [6.45, 7) is 0.904. The third kappa shape index (κ3) is 3.07. The third-order valence-corrected chi connectivity index (χ3v) is 6.62. The number of pyridine rings is 1. The van der Waals surface area contributed by atoms with Crippen molar-refractivity contribution in [1.82, 2.24) is 19.6 Å². The van der Waals surface area contributed by atoms with E-state index in [0.717, 1.165) is 17.8 Å². The van der Waals surface area contributed by atoms with Gasteiger partial charge in [0, 0.05) is 24.5 Å². The molecular weight excluding hydrogens is 390 g/mol. The second kappa shape index (κ2) is 6.70. The lowest BCUT2D eigenvalue weighted by Crippen LogP contribution is -2.45. The van der Waals surface area contributed by atoms with Crippen LogP contribution in [-0.2, 0) is 21.4 Å². The van der Waals surface area contributed by atoms with E-state index in [2.05, 4.69) is 14.7 Å². The fourth-order valence-corrected chi connectivity index (χ4v) is 5.17. The van der Waals surface area contributed by atoms with Gasteiger partial charge >= 0.3 is 0 Å². The molecule has 1 unspecified atom stereocenters. The van der Waals surface area contributed by atoms with Gasteiger partial charge in [-0.05, 0) is 37.1 Å². The van der Waals surface area contributed by atoms with Crippen LogP contribution in [0.15, 0.2) is 64.2 Å². The van der Waals surface area contributed by atoms with E-state index in [4.69, 9.17) is 0 Å². The van der Waals surface area contributed by atoms with Crippen LogP contribution in [0.5, 0.6) is 0 Å². The zero-order valence-electron chi connectivity index (χ0n) is 15.5. The van der Waals surface area contributed by atoms with Crippen LogP contribution in [0.3, 0.4) is 0 Å². The molecule has 2 aliphatic heterocycles.